The first kappa shape index (κ1) is 24.1. The zero-order valence-electron chi connectivity index (χ0n) is 19.5. The van der Waals surface area contributed by atoms with E-state index in [9.17, 15) is 9.90 Å². The number of aliphatic hydroxyl groups excluding tert-OH is 1. The number of likely N-dealkylation sites (tertiary alicyclic amines) is 1. The molecule has 6 heteroatoms. The molecule has 0 aliphatic carbocycles. The van der Waals surface area contributed by atoms with E-state index in [1.54, 1.807) is 0 Å². The monoisotopic (exact) mass is 440 g/mol. The Morgan fingerprint density at radius 3 is 2.59 bits per heavy atom. The number of rotatable bonds is 12. The van der Waals surface area contributed by atoms with Gasteiger partial charge in [-0.1, -0.05) is 29.8 Å². The van der Waals surface area contributed by atoms with Crippen LogP contribution in [0.3, 0.4) is 0 Å². The summed E-state index contributed by atoms with van der Waals surface area (Å²) in [6.45, 7) is 7.86. The van der Waals surface area contributed by atoms with Crippen LogP contribution in [0.4, 0.5) is 0 Å². The lowest BCUT2D eigenvalue weighted by molar-refractivity contribution is -0.127. The van der Waals surface area contributed by atoms with Gasteiger partial charge in [-0.3, -0.25) is 9.69 Å². The fraction of sp³-hybridized carbons (Fsp3) is 0.500. The van der Waals surface area contributed by atoms with Crippen molar-refractivity contribution in [1.82, 2.24) is 9.80 Å². The van der Waals surface area contributed by atoms with E-state index in [0.717, 1.165) is 55.1 Å². The van der Waals surface area contributed by atoms with Crippen molar-refractivity contribution in [3.8, 4) is 11.5 Å². The quantitative estimate of drug-likeness (QED) is 0.512. The van der Waals surface area contributed by atoms with Crippen LogP contribution in [-0.2, 0) is 11.3 Å². The highest BCUT2D eigenvalue weighted by Crippen LogP contribution is 2.19. The Morgan fingerprint density at radius 1 is 1.12 bits per heavy atom. The number of hydrogen-bond acceptors (Lipinski definition) is 5. The number of hydrogen-bond donors (Lipinski definition) is 1. The summed E-state index contributed by atoms with van der Waals surface area (Å²) in [5, 5.41) is 10.4. The van der Waals surface area contributed by atoms with E-state index >= 15 is 0 Å². The van der Waals surface area contributed by atoms with Crippen LogP contribution in [0, 0.1) is 13.8 Å². The van der Waals surface area contributed by atoms with Crippen molar-refractivity contribution in [2.45, 2.75) is 45.8 Å². The van der Waals surface area contributed by atoms with Crippen molar-refractivity contribution < 1.29 is 19.4 Å². The zero-order valence-corrected chi connectivity index (χ0v) is 19.5. The number of nitrogens with zero attached hydrogens (tertiary/aromatic N) is 2. The molecule has 1 fully saturated rings. The Kier molecular flexibility index (Phi) is 8.94. The van der Waals surface area contributed by atoms with Gasteiger partial charge in [0.15, 0.2) is 0 Å². The number of aliphatic hydroxyl groups is 1. The highest BCUT2D eigenvalue weighted by Gasteiger charge is 2.19. The molecule has 1 amide bonds. The van der Waals surface area contributed by atoms with Crippen LogP contribution >= 0.6 is 0 Å². The minimum atomic E-state index is -0.564. The largest absolute Gasteiger partial charge is 0.494 e. The molecule has 1 aliphatic rings. The predicted molar refractivity (Wildman–Crippen MR) is 126 cm³/mol. The fourth-order valence-corrected chi connectivity index (χ4v) is 4.01. The highest BCUT2D eigenvalue weighted by molar-refractivity contribution is 5.77. The molecule has 174 valence electrons. The number of ether oxygens (including phenoxy) is 2. The van der Waals surface area contributed by atoms with E-state index in [4.69, 9.17) is 9.47 Å². The Bertz CT molecular complexity index is 869. The molecular weight excluding hydrogens is 404 g/mol. The van der Waals surface area contributed by atoms with Crippen molar-refractivity contribution >= 4 is 5.91 Å². The Labute approximate surface area is 191 Å². The van der Waals surface area contributed by atoms with Crippen LogP contribution in [0.1, 0.15) is 36.0 Å². The number of carbonyl (C=O) groups is 1. The molecule has 3 rings (SSSR count). The first-order valence-electron chi connectivity index (χ1n) is 11.5. The molecule has 0 spiro atoms. The summed E-state index contributed by atoms with van der Waals surface area (Å²) >= 11 is 0. The van der Waals surface area contributed by atoms with Crippen molar-refractivity contribution in [3.63, 3.8) is 0 Å². The van der Waals surface area contributed by atoms with E-state index in [1.807, 2.05) is 55.3 Å². The van der Waals surface area contributed by atoms with E-state index in [2.05, 4.69) is 17.9 Å². The van der Waals surface area contributed by atoms with Crippen LogP contribution in [0.25, 0.3) is 0 Å². The molecule has 1 heterocycles. The average molecular weight is 441 g/mol. The molecule has 2 aromatic carbocycles. The van der Waals surface area contributed by atoms with Gasteiger partial charge in [0.05, 0.1) is 6.61 Å². The van der Waals surface area contributed by atoms with Crippen LogP contribution in [0.2, 0.25) is 0 Å². The smallest absolute Gasteiger partial charge is 0.222 e. The van der Waals surface area contributed by atoms with Gasteiger partial charge in [-0.15, -0.1) is 0 Å². The molecule has 1 aliphatic heterocycles. The van der Waals surface area contributed by atoms with Gasteiger partial charge in [-0.25, -0.2) is 0 Å². The van der Waals surface area contributed by atoms with Crippen LogP contribution in [0.15, 0.2) is 42.5 Å². The number of amides is 1. The third kappa shape index (κ3) is 7.53. The fourth-order valence-electron chi connectivity index (χ4n) is 4.01. The molecule has 32 heavy (non-hydrogen) atoms. The summed E-state index contributed by atoms with van der Waals surface area (Å²) in [7, 11) is 1.99. The van der Waals surface area contributed by atoms with Crippen LogP contribution < -0.4 is 9.47 Å². The standard InChI is InChI=1S/C26H36N2O4/c1-20-7-12-25(21(2)16-20)32-19-23(29)18-27(3)17-22-8-10-24(11-9-22)31-15-5-14-28-13-4-6-26(28)30/h7-12,16,23,29H,4-6,13-15,17-19H2,1-3H3/t23-/m1/s1. The van der Waals surface area contributed by atoms with Crippen molar-refractivity contribution in [2.24, 2.45) is 0 Å². The summed E-state index contributed by atoms with van der Waals surface area (Å²) in [6, 6.07) is 14.1. The number of likely N-dealkylation sites (N-methyl/N-ethyl adjacent to an activating group) is 1. The van der Waals surface area contributed by atoms with Gasteiger partial charge in [0, 0.05) is 32.6 Å². The molecule has 0 saturated carbocycles. The molecule has 6 nitrogen and oxygen atoms in total. The molecule has 0 unspecified atom stereocenters. The number of carbonyl (C=O) groups excluding carboxylic acids is 1. The molecule has 0 radical (unpaired) electrons. The molecule has 1 saturated heterocycles. The summed E-state index contributed by atoms with van der Waals surface area (Å²) in [5.41, 5.74) is 3.44. The van der Waals surface area contributed by atoms with E-state index in [-0.39, 0.29) is 12.5 Å². The molecule has 1 N–H and O–H groups in total. The lowest BCUT2D eigenvalue weighted by Gasteiger charge is -2.21. The molecule has 2 aromatic rings. The van der Waals surface area contributed by atoms with Gasteiger partial charge >= 0.3 is 0 Å². The normalized spacial score (nSPS) is 14.8. The van der Waals surface area contributed by atoms with Crippen molar-refractivity contribution in [1.29, 1.82) is 0 Å². The van der Waals surface area contributed by atoms with Gasteiger partial charge in [-0.05, 0) is 63.1 Å². The average Bonchev–Trinajstić information content (AvgIpc) is 3.16. The zero-order chi connectivity index (χ0) is 22.9. The SMILES string of the molecule is Cc1ccc(OC[C@H](O)CN(C)Cc2ccc(OCCCN3CCCC3=O)cc2)c(C)c1. The van der Waals surface area contributed by atoms with Gasteiger partial charge in [0.25, 0.3) is 0 Å². The van der Waals surface area contributed by atoms with Crippen LogP contribution in [0.5, 0.6) is 11.5 Å². The van der Waals surface area contributed by atoms with Crippen LogP contribution in [-0.4, -0.2) is 66.8 Å². The minimum absolute atomic E-state index is 0.264. The van der Waals surface area contributed by atoms with Gasteiger partial charge in [-0.2, -0.15) is 0 Å². The third-order valence-corrected chi connectivity index (χ3v) is 5.67. The maximum atomic E-state index is 11.6. The Morgan fingerprint density at radius 2 is 1.91 bits per heavy atom. The van der Waals surface area contributed by atoms with Crippen molar-refractivity contribution in [3.05, 3.63) is 59.2 Å². The first-order chi connectivity index (χ1) is 15.4. The summed E-state index contributed by atoms with van der Waals surface area (Å²) in [6.07, 6.45) is 1.95. The second-order valence-electron chi connectivity index (χ2n) is 8.76. The summed E-state index contributed by atoms with van der Waals surface area (Å²) < 4.78 is 11.6. The topological polar surface area (TPSA) is 62.2 Å². The molecule has 1 atom stereocenters. The van der Waals surface area contributed by atoms with Gasteiger partial charge in [0.1, 0.15) is 24.2 Å². The molecule has 0 bridgehead atoms. The predicted octanol–water partition coefficient (Wildman–Crippen LogP) is 3.57. The second kappa shape index (κ2) is 11.9. The Balaban J connectivity index is 1.34. The third-order valence-electron chi connectivity index (χ3n) is 5.67. The lowest BCUT2D eigenvalue weighted by atomic mass is 10.1. The van der Waals surface area contributed by atoms with Crippen molar-refractivity contribution in [2.75, 3.05) is 39.9 Å². The maximum absolute atomic E-state index is 11.6. The van der Waals surface area contributed by atoms with E-state index in [1.165, 1.54) is 5.56 Å². The maximum Gasteiger partial charge on any atom is 0.222 e. The van der Waals surface area contributed by atoms with E-state index < -0.39 is 6.10 Å². The van der Waals surface area contributed by atoms with Gasteiger partial charge < -0.3 is 19.5 Å². The molecule has 0 aromatic heterocycles. The molecular formula is C26H36N2O4. The van der Waals surface area contributed by atoms with E-state index in [0.29, 0.717) is 19.6 Å². The number of benzene rings is 2. The lowest BCUT2D eigenvalue weighted by Crippen LogP contribution is -2.32. The first-order valence-corrected chi connectivity index (χ1v) is 11.5. The second-order valence-corrected chi connectivity index (χ2v) is 8.76. The highest BCUT2D eigenvalue weighted by atomic mass is 16.5. The summed E-state index contributed by atoms with van der Waals surface area (Å²) in [5.74, 6) is 1.92. The van der Waals surface area contributed by atoms with Gasteiger partial charge in [0.2, 0.25) is 5.91 Å². The Hall–Kier alpha value is -2.57. The number of aryl methyl sites for hydroxylation is 2. The minimum Gasteiger partial charge on any atom is -0.494 e. The summed E-state index contributed by atoms with van der Waals surface area (Å²) in [4.78, 5) is 15.6.